The molecular weight excluding hydrogens is 665 g/mol. The minimum atomic E-state index is -0.964. The number of benzene rings is 3. The zero-order valence-corrected chi connectivity index (χ0v) is 28.5. The van der Waals surface area contributed by atoms with Crippen molar-refractivity contribution in [2.75, 3.05) is 11.5 Å². The number of halogens is 2. The molecule has 0 aliphatic carbocycles. The summed E-state index contributed by atoms with van der Waals surface area (Å²) in [6.45, 7) is 6.74. The molecule has 46 heavy (non-hydrogen) atoms. The third-order valence-corrected chi connectivity index (χ3v) is 10.4. The molecular formula is C34H31Cl2N3O5S2. The van der Waals surface area contributed by atoms with Crippen LogP contribution in [0.4, 0.5) is 5.13 Å². The van der Waals surface area contributed by atoms with Crippen molar-refractivity contribution in [3.63, 3.8) is 0 Å². The van der Waals surface area contributed by atoms with Crippen molar-refractivity contribution < 1.29 is 24.2 Å². The van der Waals surface area contributed by atoms with Crippen LogP contribution in [-0.2, 0) is 21.8 Å². The average Bonchev–Trinajstić information content (AvgIpc) is 3.71. The number of aliphatic hydroxyl groups excluding tert-OH is 1. The molecule has 1 aromatic heterocycles. The topological polar surface area (TPSA) is 102 Å². The minimum Gasteiger partial charge on any atom is -0.507 e. The summed E-state index contributed by atoms with van der Waals surface area (Å²) < 4.78 is 12.4. The molecule has 1 fully saturated rings. The molecule has 3 aromatic carbocycles. The number of ketones is 1. The van der Waals surface area contributed by atoms with Crippen LogP contribution in [0.25, 0.3) is 5.76 Å². The second-order valence-corrected chi connectivity index (χ2v) is 14.6. The van der Waals surface area contributed by atoms with Crippen LogP contribution in [0.2, 0.25) is 10.0 Å². The molecule has 6 rings (SSSR count). The number of carbonyl (C=O) groups is 2. The predicted octanol–water partition coefficient (Wildman–Crippen LogP) is 8.51. The monoisotopic (exact) mass is 695 g/mol. The zero-order valence-electron chi connectivity index (χ0n) is 25.3. The molecule has 8 nitrogen and oxygen atoms in total. The molecule has 1 amide bonds. The van der Waals surface area contributed by atoms with Gasteiger partial charge in [0.25, 0.3) is 5.78 Å². The minimum absolute atomic E-state index is 0.0107. The lowest BCUT2D eigenvalue weighted by Gasteiger charge is -2.23. The Morgan fingerprint density at radius 1 is 1.13 bits per heavy atom. The lowest BCUT2D eigenvalue weighted by molar-refractivity contribution is -0.132. The molecule has 2 atom stereocenters. The maximum Gasteiger partial charge on any atom is 0.301 e. The van der Waals surface area contributed by atoms with Gasteiger partial charge in [0.15, 0.2) is 4.34 Å². The van der Waals surface area contributed by atoms with E-state index in [1.54, 1.807) is 30.3 Å². The first-order valence-electron chi connectivity index (χ1n) is 14.8. The van der Waals surface area contributed by atoms with E-state index in [9.17, 15) is 14.7 Å². The van der Waals surface area contributed by atoms with E-state index >= 15 is 0 Å². The molecule has 0 spiro atoms. The largest absolute Gasteiger partial charge is 0.507 e. The number of aliphatic hydroxyl groups is 1. The molecule has 0 saturated carbocycles. The summed E-state index contributed by atoms with van der Waals surface area (Å²) in [5.41, 5.74) is 2.79. The van der Waals surface area contributed by atoms with Gasteiger partial charge in [0.1, 0.15) is 23.4 Å². The van der Waals surface area contributed by atoms with Gasteiger partial charge >= 0.3 is 5.91 Å². The summed E-state index contributed by atoms with van der Waals surface area (Å²) in [7, 11) is 0. The highest BCUT2D eigenvalue weighted by Gasteiger charge is 2.48. The van der Waals surface area contributed by atoms with Gasteiger partial charge in [-0.2, -0.15) is 0 Å². The summed E-state index contributed by atoms with van der Waals surface area (Å²) in [6, 6.07) is 16.9. The Hall–Kier alpha value is -3.57. The van der Waals surface area contributed by atoms with Crippen molar-refractivity contribution in [1.29, 1.82) is 0 Å². The van der Waals surface area contributed by atoms with E-state index in [-0.39, 0.29) is 22.6 Å². The molecule has 2 aliphatic rings. The number of rotatable bonds is 10. The van der Waals surface area contributed by atoms with Crippen LogP contribution in [-0.4, -0.2) is 39.7 Å². The number of amides is 1. The van der Waals surface area contributed by atoms with E-state index in [4.69, 9.17) is 32.7 Å². The Bertz CT molecular complexity index is 1840. The van der Waals surface area contributed by atoms with Crippen molar-refractivity contribution in [3.05, 3.63) is 98.5 Å². The van der Waals surface area contributed by atoms with Crippen molar-refractivity contribution in [3.8, 4) is 11.5 Å². The lowest BCUT2D eigenvalue weighted by Crippen LogP contribution is -2.29. The molecule has 12 heteroatoms. The van der Waals surface area contributed by atoms with Crippen molar-refractivity contribution in [1.82, 2.24) is 10.2 Å². The number of nitrogens with zero attached hydrogens (tertiary/aromatic N) is 3. The van der Waals surface area contributed by atoms with Gasteiger partial charge in [0.2, 0.25) is 5.13 Å². The third kappa shape index (κ3) is 6.76. The van der Waals surface area contributed by atoms with Gasteiger partial charge in [0.05, 0.1) is 18.2 Å². The number of hydrogen-bond donors (Lipinski definition) is 1. The second kappa shape index (κ2) is 13.7. The Labute approximate surface area is 285 Å². The van der Waals surface area contributed by atoms with Crippen molar-refractivity contribution >= 4 is 68.9 Å². The van der Waals surface area contributed by atoms with E-state index < -0.39 is 17.7 Å². The highest BCUT2D eigenvalue weighted by atomic mass is 35.5. The van der Waals surface area contributed by atoms with Crippen LogP contribution in [0.15, 0.2) is 70.6 Å². The Morgan fingerprint density at radius 3 is 2.74 bits per heavy atom. The fourth-order valence-electron chi connectivity index (χ4n) is 5.39. The highest BCUT2D eigenvalue weighted by molar-refractivity contribution is 8.00. The number of ether oxygens (including phenoxy) is 2. The number of thioether (sulfide) groups is 1. The smallest absolute Gasteiger partial charge is 0.301 e. The number of hydrogen-bond acceptors (Lipinski definition) is 9. The molecule has 4 aromatic rings. The van der Waals surface area contributed by atoms with E-state index in [1.807, 2.05) is 37.3 Å². The number of carbonyl (C=O) groups excluding carboxylic acids is 2. The van der Waals surface area contributed by atoms with Crippen LogP contribution in [0, 0.1) is 5.92 Å². The fourth-order valence-corrected chi connectivity index (χ4v) is 7.82. The van der Waals surface area contributed by atoms with Crippen molar-refractivity contribution in [2.45, 2.75) is 55.9 Å². The number of Topliss-reactive ketones (excluding diaryl/α,β-unsaturated/α-hetero) is 1. The van der Waals surface area contributed by atoms with Gasteiger partial charge in [0, 0.05) is 27.8 Å². The van der Waals surface area contributed by atoms with Crippen LogP contribution >= 0.6 is 46.3 Å². The van der Waals surface area contributed by atoms with Gasteiger partial charge in [-0.3, -0.25) is 14.5 Å². The van der Waals surface area contributed by atoms with Gasteiger partial charge in [-0.15, -0.1) is 10.2 Å². The van der Waals surface area contributed by atoms with Crippen LogP contribution < -0.4 is 14.4 Å². The fraction of sp³-hybridized carbons (Fsp3) is 0.294. The van der Waals surface area contributed by atoms with E-state index in [1.165, 1.54) is 28.0 Å². The Balaban J connectivity index is 1.37. The molecule has 1 saturated heterocycles. The van der Waals surface area contributed by atoms with Crippen LogP contribution in [0.3, 0.4) is 0 Å². The number of anilines is 1. The Morgan fingerprint density at radius 2 is 1.96 bits per heavy atom. The maximum absolute atomic E-state index is 13.7. The zero-order chi connectivity index (χ0) is 32.5. The standard InChI is InChI=1S/C34H31Cl2N3O5S2/c1-18(2)11-12-43-25-6-4-5-20(15-25)29-28(30(40)21-8-10-27-23(14-21)13-19(3)44-27)31(41)32(42)39(29)33-37-38-34(46-33)45-17-22-7-9-24(35)16-26(22)36/h4-10,14-16,18-19,29,40H,11-13,17H2,1-3H3/b30-28+/t19-,29-/m1/s1. The first kappa shape index (κ1) is 32.4. The number of aromatic nitrogens is 2. The van der Waals surface area contributed by atoms with Crippen molar-refractivity contribution in [2.24, 2.45) is 5.92 Å². The highest BCUT2D eigenvalue weighted by Crippen LogP contribution is 2.45. The quantitative estimate of drug-likeness (QED) is 0.0579. The van der Waals surface area contributed by atoms with E-state index in [0.29, 0.717) is 56.0 Å². The molecule has 2 aliphatic heterocycles. The summed E-state index contributed by atoms with van der Waals surface area (Å²) >= 11 is 15.0. The number of fused-ring (bicyclic) bond motifs is 1. The second-order valence-electron chi connectivity index (χ2n) is 11.6. The average molecular weight is 697 g/mol. The Kier molecular flexibility index (Phi) is 9.61. The summed E-state index contributed by atoms with van der Waals surface area (Å²) in [5, 5.41) is 21.6. The van der Waals surface area contributed by atoms with Gasteiger partial charge in [-0.05, 0) is 78.4 Å². The van der Waals surface area contributed by atoms with Gasteiger partial charge in [-0.25, -0.2) is 0 Å². The molecule has 0 radical (unpaired) electrons. The summed E-state index contributed by atoms with van der Waals surface area (Å²) in [4.78, 5) is 28.8. The predicted molar refractivity (Wildman–Crippen MR) is 182 cm³/mol. The third-order valence-electron chi connectivity index (χ3n) is 7.72. The lowest BCUT2D eigenvalue weighted by atomic mass is 9.94. The van der Waals surface area contributed by atoms with Crippen LogP contribution in [0.5, 0.6) is 11.5 Å². The molecule has 238 valence electrons. The van der Waals surface area contributed by atoms with Crippen LogP contribution in [0.1, 0.15) is 55.5 Å². The van der Waals surface area contributed by atoms with Gasteiger partial charge < -0.3 is 14.6 Å². The van der Waals surface area contributed by atoms with Gasteiger partial charge in [-0.1, -0.05) is 78.3 Å². The molecule has 1 N–H and O–H groups in total. The normalized spacial score (nSPS) is 18.7. The summed E-state index contributed by atoms with van der Waals surface area (Å²) in [5.74, 6) is 0.433. The molecule has 0 unspecified atom stereocenters. The van der Waals surface area contributed by atoms with E-state index in [0.717, 1.165) is 23.3 Å². The molecule has 0 bridgehead atoms. The first-order valence-corrected chi connectivity index (χ1v) is 17.4. The molecule has 3 heterocycles. The first-order chi connectivity index (χ1) is 22.1. The SMILES string of the molecule is CC(C)CCOc1cccc([C@@H]2/C(=C(\O)c3ccc4c(c3)C[C@@H](C)O4)C(=O)C(=O)N2c2nnc(SCc3ccc(Cl)cc3Cl)s2)c1. The maximum atomic E-state index is 13.7. The van der Waals surface area contributed by atoms with E-state index in [2.05, 4.69) is 24.0 Å². The summed E-state index contributed by atoms with van der Waals surface area (Å²) in [6.07, 6.45) is 1.56.